The van der Waals surface area contributed by atoms with Gasteiger partial charge in [-0.15, -0.1) is 0 Å². The monoisotopic (exact) mass is 260 g/mol. The normalized spacial score (nSPS) is 27.7. The molecule has 0 aliphatic heterocycles. The number of benzene rings is 1. The highest BCUT2D eigenvalue weighted by Crippen LogP contribution is 2.64. The van der Waals surface area contributed by atoms with Gasteiger partial charge in [0, 0.05) is 13.0 Å². The zero-order valence-corrected chi connectivity index (χ0v) is 10.8. The van der Waals surface area contributed by atoms with E-state index in [1.54, 1.807) is 12.1 Å². The van der Waals surface area contributed by atoms with Gasteiger partial charge in [-0.2, -0.15) is 0 Å². The van der Waals surface area contributed by atoms with Crippen molar-refractivity contribution in [3.63, 3.8) is 0 Å². The molecule has 0 saturated heterocycles. The maximum atomic E-state index is 11.1. The molecule has 3 rings (SSSR count). The maximum Gasteiger partial charge on any atom is 0.293 e. The minimum atomic E-state index is -0.419. The van der Waals surface area contributed by atoms with Crippen LogP contribution in [-0.2, 0) is 10.2 Å². The number of anilines is 1. The number of hydrogen-bond acceptors (Lipinski definition) is 3. The largest absolute Gasteiger partial charge is 0.321 e. The Labute approximate surface area is 111 Å². The summed E-state index contributed by atoms with van der Waals surface area (Å²) in [7, 11) is 0. The molecule has 2 aliphatic carbocycles. The molecule has 5 heteroatoms. The highest BCUT2D eigenvalue weighted by molar-refractivity contribution is 5.91. The Morgan fingerprint density at radius 3 is 2.84 bits per heavy atom. The van der Waals surface area contributed by atoms with Crippen LogP contribution in [0.2, 0.25) is 0 Å². The molecule has 0 heterocycles. The van der Waals surface area contributed by atoms with Crippen LogP contribution in [0.4, 0.5) is 11.4 Å². The van der Waals surface area contributed by atoms with Gasteiger partial charge in [0.2, 0.25) is 5.91 Å². The molecule has 1 aromatic carbocycles. The van der Waals surface area contributed by atoms with Crippen molar-refractivity contribution in [1.82, 2.24) is 0 Å². The molecule has 2 fully saturated rings. The summed E-state index contributed by atoms with van der Waals surface area (Å²) in [5.74, 6) is 0.415. The molecule has 0 spiro atoms. The first-order valence-electron chi connectivity index (χ1n) is 6.59. The van der Waals surface area contributed by atoms with Gasteiger partial charge in [-0.05, 0) is 42.2 Å². The van der Waals surface area contributed by atoms with Crippen molar-refractivity contribution in [3.8, 4) is 0 Å². The van der Waals surface area contributed by atoms with Crippen LogP contribution in [-0.4, -0.2) is 10.8 Å². The summed E-state index contributed by atoms with van der Waals surface area (Å²) < 4.78 is 0. The summed E-state index contributed by atoms with van der Waals surface area (Å²) >= 11 is 0. The van der Waals surface area contributed by atoms with E-state index in [2.05, 4.69) is 5.32 Å². The van der Waals surface area contributed by atoms with Gasteiger partial charge in [0.25, 0.3) is 5.69 Å². The zero-order chi connectivity index (χ0) is 13.6. The van der Waals surface area contributed by atoms with Crippen molar-refractivity contribution in [2.24, 2.45) is 5.92 Å². The Balaban J connectivity index is 1.98. The standard InChI is InChI=1S/C14H16N2O3/c1-9(17)15-12-5-4-10(7-13(12)16(18)19)14-6-2-3-11(14)8-14/h4-5,7,11H,2-3,6,8H2,1H3,(H,15,17). The Morgan fingerprint density at radius 1 is 1.53 bits per heavy atom. The Bertz CT molecular complexity index is 570. The maximum absolute atomic E-state index is 11.1. The predicted octanol–water partition coefficient (Wildman–Crippen LogP) is 2.99. The fourth-order valence-electron chi connectivity index (χ4n) is 3.51. The lowest BCUT2D eigenvalue weighted by atomic mass is 9.92. The number of fused-ring (bicyclic) bond motifs is 1. The molecule has 0 radical (unpaired) electrons. The average Bonchev–Trinajstić information content (AvgIpc) is 2.91. The van der Waals surface area contributed by atoms with Crippen LogP contribution in [0.1, 0.15) is 38.2 Å². The van der Waals surface area contributed by atoms with Crippen molar-refractivity contribution in [2.75, 3.05) is 5.32 Å². The number of carbonyl (C=O) groups is 1. The molecule has 1 aromatic rings. The molecule has 1 amide bonds. The zero-order valence-electron chi connectivity index (χ0n) is 10.8. The van der Waals surface area contributed by atoms with Gasteiger partial charge in [-0.25, -0.2) is 0 Å². The van der Waals surface area contributed by atoms with Gasteiger partial charge in [0.05, 0.1) is 4.92 Å². The lowest BCUT2D eigenvalue weighted by Gasteiger charge is -2.13. The molecule has 2 aliphatic rings. The van der Waals surface area contributed by atoms with Crippen molar-refractivity contribution < 1.29 is 9.72 Å². The van der Waals surface area contributed by atoms with E-state index in [9.17, 15) is 14.9 Å². The van der Waals surface area contributed by atoms with E-state index in [1.807, 2.05) is 6.07 Å². The molecular weight excluding hydrogens is 244 g/mol. The minimum Gasteiger partial charge on any atom is -0.321 e. The topological polar surface area (TPSA) is 72.2 Å². The van der Waals surface area contributed by atoms with E-state index < -0.39 is 4.92 Å². The first kappa shape index (κ1) is 12.1. The van der Waals surface area contributed by atoms with E-state index in [4.69, 9.17) is 0 Å². The first-order chi connectivity index (χ1) is 9.03. The van der Waals surface area contributed by atoms with Crippen molar-refractivity contribution in [2.45, 2.75) is 38.0 Å². The van der Waals surface area contributed by atoms with Crippen molar-refractivity contribution in [1.29, 1.82) is 0 Å². The first-order valence-corrected chi connectivity index (χ1v) is 6.59. The quantitative estimate of drug-likeness (QED) is 0.670. The fourth-order valence-corrected chi connectivity index (χ4v) is 3.51. The molecule has 2 atom stereocenters. The van der Waals surface area contributed by atoms with Crippen molar-refractivity contribution in [3.05, 3.63) is 33.9 Å². The van der Waals surface area contributed by atoms with E-state index >= 15 is 0 Å². The lowest BCUT2D eigenvalue weighted by Crippen LogP contribution is -2.10. The number of amides is 1. The number of nitro groups is 1. The fraction of sp³-hybridized carbons (Fsp3) is 0.500. The van der Waals surface area contributed by atoms with Gasteiger partial charge in [0.1, 0.15) is 5.69 Å². The van der Waals surface area contributed by atoms with Crippen LogP contribution < -0.4 is 5.32 Å². The SMILES string of the molecule is CC(=O)Nc1ccc(C23CCCC2C3)cc1[N+](=O)[O-]. The van der Waals surface area contributed by atoms with Gasteiger partial charge < -0.3 is 5.32 Å². The summed E-state index contributed by atoms with van der Waals surface area (Å²) in [6, 6.07) is 5.25. The highest BCUT2D eigenvalue weighted by Gasteiger charge is 2.57. The number of hydrogen-bond donors (Lipinski definition) is 1. The lowest BCUT2D eigenvalue weighted by molar-refractivity contribution is -0.384. The molecule has 19 heavy (non-hydrogen) atoms. The van der Waals surface area contributed by atoms with Gasteiger partial charge in [-0.3, -0.25) is 14.9 Å². The van der Waals surface area contributed by atoms with E-state index in [-0.39, 0.29) is 22.7 Å². The van der Waals surface area contributed by atoms with Gasteiger partial charge in [0.15, 0.2) is 0 Å². The number of nitrogens with one attached hydrogen (secondary N) is 1. The van der Waals surface area contributed by atoms with E-state index in [1.165, 1.54) is 19.8 Å². The second-order valence-electron chi connectivity index (χ2n) is 5.62. The van der Waals surface area contributed by atoms with Gasteiger partial charge in [-0.1, -0.05) is 12.5 Å². The smallest absolute Gasteiger partial charge is 0.293 e. The van der Waals surface area contributed by atoms with Gasteiger partial charge >= 0.3 is 0 Å². The Hall–Kier alpha value is -1.91. The third kappa shape index (κ3) is 1.89. The third-order valence-corrected chi connectivity index (χ3v) is 4.49. The van der Waals surface area contributed by atoms with Crippen LogP contribution in [0.5, 0.6) is 0 Å². The summed E-state index contributed by atoms with van der Waals surface area (Å²) in [6.45, 7) is 1.35. The predicted molar refractivity (Wildman–Crippen MR) is 71.0 cm³/mol. The van der Waals surface area contributed by atoms with E-state index in [0.29, 0.717) is 5.92 Å². The summed E-state index contributed by atoms with van der Waals surface area (Å²) in [6.07, 6.45) is 4.74. The van der Waals surface area contributed by atoms with Crippen LogP contribution >= 0.6 is 0 Å². The minimum absolute atomic E-state index is 0.000347. The molecule has 100 valence electrons. The number of nitro benzene ring substituents is 1. The molecule has 2 unspecified atom stereocenters. The molecule has 5 nitrogen and oxygen atoms in total. The number of carbonyl (C=O) groups excluding carboxylic acids is 1. The van der Waals surface area contributed by atoms with Crippen molar-refractivity contribution >= 4 is 17.3 Å². The van der Waals surface area contributed by atoms with Crippen LogP contribution in [0.15, 0.2) is 18.2 Å². The van der Waals surface area contributed by atoms with Crippen LogP contribution in [0.25, 0.3) is 0 Å². The number of rotatable bonds is 3. The Morgan fingerprint density at radius 2 is 2.32 bits per heavy atom. The second kappa shape index (κ2) is 4.05. The van der Waals surface area contributed by atoms with E-state index in [0.717, 1.165) is 18.4 Å². The highest BCUT2D eigenvalue weighted by atomic mass is 16.6. The summed E-state index contributed by atoms with van der Waals surface area (Å²) in [5.41, 5.74) is 1.54. The molecule has 0 bridgehead atoms. The van der Waals surface area contributed by atoms with Crippen LogP contribution in [0, 0.1) is 16.0 Å². The third-order valence-electron chi connectivity index (χ3n) is 4.49. The molecule has 2 saturated carbocycles. The number of nitrogens with zero attached hydrogens (tertiary/aromatic N) is 1. The Kier molecular flexibility index (Phi) is 2.59. The summed E-state index contributed by atoms with van der Waals surface area (Å²) in [4.78, 5) is 21.8. The molecular formula is C14H16N2O3. The average molecular weight is 260 g/mol. The molecule has 1 N–H and O–H groups in total. The second-order valence-corrected chi connectivity index (χ2v) is 5.62. The molecule has 0 aromatic heterocycles. The van der Waals surface area contributed by atoms with Crippen LogP contribution in [0.3, 0.4) is 0 Å². The summed E-state index contributed by atoms with van der Waals surface area (Å²) in [5, 5.41) is 13.7.